The number of rotatable bonds is 7. The highest BCUT2D eigenvalue weighted by molar-refractivity contribution is 6.32. The maximum Gasteiger partial charge on any atom is 0.339 e. The van der Waals surface area contributed by atoms with E-state index in [1.807, 2.05) is 0 Å². The highest BCUT2D eigenvalue weighted by atomic mass is 35.5. The van der Waals surface area contributed by atoms with Crippen molar-refractivity contribution in [3.8, 4) is 5.75 Å². The summed E-state index contributed by atoms with van der Waals surface area (Å²) >= 11 is 6.45. The first-order valence-electron chi connectivity index (χ1n) is 11.1. The summed E-state index contributed by atoms with van der Waals surface area (Å²) in [5.74, 6) is 0.133. The summed E-state index contributed by atoms with van der Waals surface area (Å²) in [6.07, 6.45) is 3.78. The van der Waals surface area contributed by atoms with E-state index in [9.17, 15) is 9.59 Å². The van der Waals surface area contributed by atoms with Crippen LogP contribution in [0.25, 0.3) is 11.0 Å². The molecule has 2 aliphatic rings. The third-order valence-electron chi connectivity index (χ3n) is 6.00. The second kappa shape index (κ2) is 10.0. The number of ether oxygens (including phenoxy) is 2. The molecule has 4 rings (SSSR count). The Labute approximate surface area is 186 Å². The molecule has 0 spiro atoms. The van der Waals surface area contributed by atoms with E-state index in [0.29, 0.717) is 22.9 Å². The smallest absolute Gasteiger partial charge is 0.339 e. The number of aryl methyl sites for hydroxylation is 1. The number of carbonyl (C=O) groups excluding carboxylic acids is 1. The van der Waals surface area contributed by atoms with Gasteiger partial charge in [-0.1, -0.05) is 11.6 Å². The molecule has 1 N–H and O–H groups in total. The molecule has 0 bridgehead atoms. The molecule has 8 heteroatoms. The lowest BCUT2D eigenvalue weighted by molar-refractivity contribution is -0.127. The van der Waals surface area contributed by atoms with Crippen LogP contribution in [0, 0.1) is 0 Å². The van der Waals surface area contributed by atoms with Crippen molar-refractivity contribution in [3.05, 3.63) is 38.7 Å². The second-order valence-corrected chi connectivity index (χ2v) is 8.60. The molecule has 0 radical (unpaired) electrons. The van der Waals surface area contributed by atoms with Crippen LogP contribution >= 0.6 is 11.6 Å². The predicted octanol–water partition coefficient (Wildman–Crippen LogP) is 2.93. The third-order valence-corrected chi connectivity index (χ3v) is 6.30. The summed E-state index contributed by atoms with van der Waals surface area (Å²) in [5.41, 5.74) is 1.94. The molecular weight excluding hydrogens is 420 g/mol. The van der Waals surface area contributed by atoms with Crippen LogP contribution < -0.4 is 15.7 Å². The zero-order valence-electron chi connectivity index (χ0n) is 17.9. The van der Waals surface area contributed by atoms with Gasteiger partial charge >= 0.3 is 5.63 Å². The quantitative estimate of drug-likeness (QED) is 0.518. The van der Waals surface area contributed by atoms with E-state index in [0.717, 1.165) is 81.5 Å². The number of nitrogens with one attached hydrogen (secondary N) is 1. The first-order chi connectivity index (χ1) is 15.0. The number of hydrogen-bond acceptors (Lipinski definition) is 6. The van der Waals surface area contributed by atoms with Gasteiger partial charge in [0.1, 0.15) is 11.3 Å². The Hall–Kier alpha value is -2.09. The SMILES string of the molecule is CC(Oc1cc2oc(=O)c3c(c2cc1Cl)CCCC3)C(=O)NCCCN1CCOCC1. The van der Waals surface area contributed by atoms with Crippen molar-refractivity contribution in [2.75, 3.05) is 39.4 Å². The monoisotopic (exact) mass is 448 g/mol. The van der Waals surface area contributed by atoms with Crippen LogP contribution in [0.1, 0.15) is 37.3 Å². The van der Waals surface area contributed by atoms with Gasteiger partial charge in [0.2, 0.25) is 0 Å². The summed E-state index contributed by atoms with van der Waals surface area (Å²) in [4.78, 5) is 27.1. The van der Waals surface area contributed by atoms with Crippen molar-refractivity contribution >= 4 is 28.5 Å². The summed E-state index contributed by atoms with van der Waals surface area (Å²) in [5, 5.41) is 4.17. The van der Waals surface area contributed by atoms with Crippen LogP contribution in [0.3, 0.4) is 0 Å². The highest BCUT2D eigenvalue weighted by Crippen LogP contribution is 2.34. The standard InChI is InChI=1S/C23H29ClN2O5/c1-15(22(27)25-7-4-8-26-9-11-29-12-10-26)30-21-14-20-18(13-19(21)24)16-5-2-3-6-17(16)23(28)31-20/h13-15H,2-12H2,1H3,(H,25,27). The molecule has 1 saturated heterocycles. The minimum atomic E-state index is -0.720. The number of carbonyl (C=O) groups is 1. The Balaban J connectivity index is 1.37. The van der Waals surface area contributed by atoms with Gasteiger partial charge in [-0.05, 0) is 57.2 Å². The zero-order valence-corrected chi connectivity index (χ0v) is 18.6. The summed E-state index contributed by atoms with van der Waals surface area (Å²) in [7, 11) is 0. The fourth-order valence-corrected chi connectivity index (χ4v) is 4.47. The molecule has 1 aliphatic heterocycles. The van der Waals surface area contributed by atoms with Gasteiger partial charge in [0.25, 0.3) is 5.91 Å². The maximum atomic E-state index is 12.4. The number of nitrogens with zero attached hydrogens (tertiary/aromatic N) is 1. The molecule has 2 aromatic rings. The Morgan fingerprint density at radius 1 is 1.23 bits per heavy atom. The van der Waals surface area contributed by atoms with Crippen LogP contribution in [0.4, 0.5) is 0 Å². The number of amides is 1. The minimum absolute atomic E-state index is 0.204. The fourth-order valence-electron chi connectivity index (χ4n) is 4.26. The molecule has 1 aliphatic carbocycles. The molecule has 1 aromatic carbocycles. The van der Waals surface area contributed by atoms with Crippen LogP contribution in [0.5, 0.6) is 5.75 Å². The topological polar surface area (TPSA) is 81.0 Å². The average Bonchev–Trinajstić information content (AvgIpc) is 2.78. The van der Waals surface area contributed by atoms with E-state index in [2.05, 4.69) is 10.2 Å². The summed E-state index contributed by atoms with van der Waals surface area (Å²) in [6.45, 7) is 6.61. The van der Waals surface area contributed by atoms with Crippen LogP contribution in [0.15, 0.2) is 21.3 Å². The zero-order chi connectivity index (χ0) is 21.8. The van der Waals surface area contributed by atoms with E-state index in [1.165, 1.54) is 0 Å². The lowest BCUT2D eigenvalue weighted by Crippen LogP contribution is -2.40. The van der Waals surface area contributed by atoms with Crippen LogP contribution in [0.2, 0.25) is 5.02 Å². The van der Waals surface area contributed by atoms with Gasteiger partial charge in [-0.2, -0.15) is 0 Å². The molecule has 1 atom stereocenters. The summed E-state index contributed by atoms with van der Waals surface area (Å²) < 4.78 is 16.7. The van der Waals surface area contributed by atoms with Gasteiger partial charge in [-0.15, -0.1) is 0 Å². The molecule has 1 aromatic heterocycles. The van der Waals surface area contributed by atoms with Crippen molar-refractivity contribution < 1.29 is 18.7 Å². The van der Waals surface area contributed by atoms with E-state index in [4.69, 9.17) is 25.5 Å². The van der Waals surface area contributed by atoms with E-state index >= 15 is 0 Å². The van der Waals surface area contributed by atoms with Gasteiger partial charge in [0.15, 0.2) is 6.10 Å². The van der Waals surface area contributed by atoms with Crippen molar-refractivity contribution in [2.45, 2.75) is 45.1 Å². The largest absolute Gasteiger partial charge is 0.479 e. The number of benzene rings is 1. The first-order valence-corrected chi connectivity index (χ1v) is 11.4. The Morgan fingerprint density at radius 3 is 2.74 bits per heavy atom. The van der Waals surface area contributed by atoms with Crippen molar-refractivity contribution in [3.63, 3.8) is 0 Å². The van der Waals surface area contributed by atoms with E-state index in [1.54, 1.807) is 19.1 Å². The van der Waals surface area contributed by atoms with Gasteiger partial charge in [0, 0.05) is 36.7 Å². The molecule has 7 nitrogen and oxygen atoms in total. The lowest BCUT2D eigenvalue weighted by atomic mass is 9.90. The van der Waals surface area contributed by atoms with Crippen molar-refractivity contribution in [2.24, 2.45) is 0 Å². The van der Waals surface area contributed by atoms with Gasteiger partial charge in [-0.3, -0.25) is 9.69 Å². The van der Waals surface area contributed by atoms with E-state index in [-0.39, 0.29) is 11.5 Å². The summed E-state index contributed by atoms with van der Waals surface area (Å²) in [6, 6.07) is 3.41. The number of fused-ring (bicyclic) bond motifs is 3. The molecule has 1 unspecified atom stereocenters. The fraction of sp³-hybridized carbons (Fsp3) is 0.565. The third kappa shape index (κ3) is 5.22. The Bertz CT molecular complexity index is 1000. The number of halogens is 1. The van der Waals surface area contributed by atoms with Gasteiger partial charge in [0.05, 0.1) is 18.2 Å². The van der Waals surface area contributed by atoms with Gasteiger partial charge in [-0.25, -0.2) is 4.79 Å². The van der Waals surface area contributed by atoms with E-state index < -0.39 is 6.10 Å². The number of hydrogen-bond donors (Lipinski definition) is 1. The predicted molar refractivity (Wildman–Crippen MR) is 119 cm³/mol. The maximum absolute atomic E-state index is 12.4. The van der Waals surface area contributed by atoms with Crippen LogP contribution in [-0.4, -0.2) is 56.3 Å². The molecule has 2 heterocycles. The molecule has 168 valence electrons. The van der Waals surface area contributed by atoms with Crippen molar-refractivity contribution in [1.82, 2.24) is 10.2 Å². The van der Waals surface area contributed by atoms with Crippen LogP contribution in [-0.2, 0) is 22.4 Å². The average molecular weight is 449 g/mol. The molecular formula is C23H29ClN2O5. The lowest BCUT2D eigenvalue weighted by Gasteiger charge is -2.26. The molecule has 1 fully saturated rings. The molecule has 31 heavy (non-hydrogen) atoms. The van der Waals surface area contributed by atoms with Gasteiger partial charge < -0.3 is 19.2 Å². The Kier molecular flexibility index (Phi) is 7.15. The highest BCUT2D eigenvalue weighted by Gasteiger charge is 2.21. The first kappa shape index (κ1) is 22.1. The minimum Gasteiger partial charge on any atom is -0.479 e. The molecule has 0 saturated carbocycles. The molecule has 1 amide bonds. The van der Waals surface area contributed by atoms with Crippen molar-refractivity contribution in [1.29, 1.82) is 0 Å². The Morgan fingerprint density at radius 2 is 1.97 bits per heavy atom. The second-order valence-electron chi connectivity index (χ2n) is 8.19. The number of morpholine rings is 1. The normalized spacial score (nSPS) is 17.9.